The van der Waals surface area contributed by atoms with Gasteiger partial charge in [-0.15, -0.1) is 0 Å². The van der Waals surface area contributed by atoms with Crippen molar-refractivity contribution in [1.82, 2.24) is 15.1 Å². The molecule has 1 rings (SSSR count). The van der Waals surface area contributed by atoms with Gasteiger partial charge >= 0.3 is 0 Å². The Hall–Kier alpha value is -1.52. The SMILES string of the molecule is CCCC(CC)NC(=O)c1cnn(C)c1N. The van der Waals surface area contributed by atoms with Gasteiger partial charge in [-0.2, -0.15) is 5.10 Å². The van der Waals surface area contributed by atoms with Gasteiger partial charge in [-0.25, -0.2) is 0 Å². The van der Waals surface area contributed by atoms with Gasteiger partial charge in [0.25, 0.3) is 5.91 Å². The number of anilines is 1. The summed E-state index contributed by atoms with van der Waals surface area (Å²) in [5.41, 5.74) is 6.19. The fourth-order valence-electron chi connectivity index (χ4n) is 1.61. The normalized spacial score (nSPS) is 12.4. The molecule has 16 heavy (non-hydrogen) atoms. The minimum Gasteiger partial charge on any atom is -0.383 e. The number of nitrogens with one attached hydrogen (secondary N) is 1. The third-order valence-corrected chi connectivity index (χ3v) is 2.69. The van der Waals surface area contributed by atoms with Crippen molar-refractivity contribution in [1.29, 1.82) is 0 Å². The van der Waals surface area contributed by atoms with E-state index in [-0.39, 0.29) is 11.9 Å². The van der Waals surface area contributed by atoms with E-state index in [1.165, 1.54) is 10.9 Å². The Balaban J connectivity index is 2.68. The van der Waals surface area contributed by atoms with Gasteiger partial charge in [-0.05, 0) is 12.8 Å². The Kier molecular flexibility index (Phi) is 4.34. The summed E-state index contributed by atoms with van der Waals surface area (Å²) in [6.45, 7) is 4.17. The fourth-order valence-corrected chi connectivity index (χ4v) is 1.61. The smallest absolute Gasteiger partial charge is 0.256 e. The molecule has 90 valence electrons. The molecule has 0 aliphatic heterocycles. The summed E-state index contributed by atoms with van der Waals surface area (Å²) in [5, 5.41) is 6.91. The van der Waals surface area contributed by atoms with E-state index < -0.39 is 0 Å². The highest BCUT2D eigenvalue weighted by Crippen LogP contribution is 2.10. The molecule has 5 heteroatoms. The first kappa shape index (κ1) is 12.5. The topological polar surface area (TPSA) is 72.9 Å². The number of aryl methyl sites for hydroxylation is 1. The zero-order chi connectivity index (χ0) is 12.1. The van der Waals surface area contributed by atoms with E-state index in [0.717, 1.165) is 19.3 Å². The third-order valence-electron chi connectivity index (χ3n) is 2.69. The number of nitrogens with two attached hydrogens (primary N) is 1. The average molecular weight is 224 g/mol. The summed E-state index contributed by atoms with van der Waals surface area (Å²) in [7, 11) is 1.72. The lowest BCUT2D eigenvalue weighted by molar-refractivity contribution is 0.0934. The Morgan fingerprint density at radius 2 is 2.31 bits per heavy atom. The Morgan fingerprint density at radius 1 is 1.62 bits per heavy atom. The number of nitrogen functional groups attached to an aromatic ring is 1. The van der Waals surface area contributed by atoms with Crippen LogP contribution in [0.2, 0.25) is 0 Å². The van der Waals surface area contributed by atoms with Crippen molar-refractivity contribution in [2.45, 2.75) is 39.2 Å². The first-order valence-electron chi connectivity index (χ1n) is 5.68. The molecular weight excluding hydrogens is 204 g/mol. The summed E-state index contributed by atoms with van der Waals surface area (Å²) in [5.74, 6) is 0.273. The minimum absolute atomic E-state index is 0.133. The molecule has 0 aliphatic rings. The number of carbonyl (C=O) groups is 1. The van der Waals surface area contributed by atoms with Crippen molar-refractivity contribution in [3.05, 3.63) is 11.8 Å². The third kappa shape index (κ3) is 2.74. The van der Waals surface area contributed by atoms with Crippen LogP contribution in [0.15, 0.2) is 6.20 Å². The summed E-state index contributed by atoms with van der Waals surface area (Å²) >= 11 is 0. The van der Waals surface area contributed by atoms with Gasteiger partial charge in [-0.3, -0.25) is 9.48 Å². The molecular formula is C11H20N4O. The van der Waals surface area contributed by atoms with Crippen LogP contribution in [0.3, 0.4) is 0 Å². The number of hydrogen-bond acceptors (Lipinski definition) is 3. The minimum atomic E-state index is -0.133. The number of hydrogen-bond donors (Lipinski definition) is 2. The molecule has 1 amide bonds. The Bertz CT molecular complexity index is 359. The van der Waals surface area contributed by atoms with Crippen LogP contribution in [-0.4, -0.2) is 21.7 Å². The van der Waals surface area contributed by atoms with Gasteiger partial charge < -0.3 is 11.1 Å². The quantitative estimate of drug-likeness (QED) is 0.792. The number of carbonyl (C=O) groups excluding carboxylic acids is 1. The lowest BCUT2D eigenvalue weighted by Gasteiger charge is -2.15. The molecule has 1 aromatic rings. The zero-order valence-corrected chi connectivity index (χ0v) is 10.2. The predicted molar refractivity (Wildman–Crippen MR) is 64.1 cm³/mol. The van der Waals surface area contributed by atoms with Crippen LogP contribution in [0, 0.1) is 0 Å². The molecule has 0 aliphatic carbocycles. The highest BCUT2D eigenvalue weighted by atomic mass is 16.1. The standard InChI is InChI=1S/C11H20N4O/c1-4-6-8(5-2)14-11(16)9-7-13-15(3)10(9)12/h7-8H,4-6,12H2,1-3H3,(H,14,16). The molecule has 0 spiro atoms. The highest BCUT2D eigenvalue weighted by molar-refractivity contribution is 5.98. The Morgan fingerprint density at radius 3 is 2.75 bits per heavy atom. The lowest BCUT2D eigenvalue weighted by atomic mass is 10.1. The first-order valence-corrected chi connectivity index (χ1v) is 5.68. The average Bonchev–Trinajstić information content (AvgIpc) is 2.59. The van der Waals surface area contributed by atoms with Gasteiger partial charge in [0.1, 0.15) is 11.4 Å². The van der Waals surface area contributed by atoms with Gasteiger partial charge in [0.15, 0.2) is 0 Å². The second-order valence-corrected chi connectivity index (χ2v) is 3.93. The molecule has 0 fully saturated rings. The Labute approximate surface area is 96.0 Å². The van der Waals surface area contributed by atoms with Crippen LogP contribution >= 0.6 is 0 Å². The van der Waals surface area contributed by atoms with Gasteiger partial charge in [0.05, 0.1) is 6.20 Å². The molecule has 0 saturated carbocycles. The predicted octanol–water partition coefficient (Wildman–Crippen LogP) is 1.31. The van der Waals surface area contributed by atoms with E-state index in [1.54, 1.807) is 7.05 Å². The van der Waals surface area contributed by atoms with Crippen molar-refractivity contribution in [2.24, 2.45) is 7.05 Å². The van der Waals surface area contributed by atoms with Crippen LogP contribution in [0.5, 0.6) is 0 Å². The maximum Gasteiger partial charge on any atom is 0.256 e. The molecule has 1 unspecified atom stereocenters. The highest BCUT2D eigenvalue weighted by Gasteiger charge is 2.16. The van der Waals surface area contributed by atoms with E-state index >= 15 is 0 Å². The fraction of sp³-hybridized carbons (Fsp3) is 0.636. The lowest BCUT2D eigenvalue weighted by Crippen LogP contribution is -2.34. The van der Waals surface area contributed by atoms with Gasteiger partial charge in [0, 0.05) is 13.1 Å². The van der Waals surface area contributed by atoms with Gasteiger partial charge in [0.2, 0.25) is 0 Å². The molecule has 5 nitrogen and oxygen atoms in total. The summed E-state index contributed by atoms with van der Waals surface area (Å²) in [6.07, 6.45) is 4.48. The van der Waals surface area contributed by atoms with E-state index in [2.05, 4.69) is 24.3 Å². The molecule has 1 aromatic heterocycles. The second-order valence-electron chi connectivity index (χ2n) is 3.93. The molecule has 0 bridgehead atoms. The van der Waals surface area contributed by atoms with Crippen molar-refractivity contribution < 1.29 is 4.79 Å². The maximum absolute atomic E-state index is 11.9. The number of amides is 1. The van der Waals surface area contributed by atoms with Crippen LogP contribution in [0.25, 0.3) is 0 Å². The summed E-state index contributed by atoms with van der Waals surface area (Å²) < 4.78 is 1.50. The van der Waals surface area contributed by atoms with E-state index in [4.69, 9.17) is 5.73 Å². The molecule has 3 N–H and O–H groups in total. The second kappa shape index (κ2) is 5.53. The summed E-state index contributed by atoms with van der Waals surface area (Å²) in [4.78, 5) is 11.9. The van der Waals surface area contributed by atoms with E-state index in [1.807, 2.05) is 0 Å². The molecule has 1 atom stereocenters. The van der Waals surface area contributed by atoms with E-state index in [0.29, 0.717) is 11.4 Å². The number of rotatable bonds is 5. The van der Waals surface area contributed by atoms with Gasteiger partial charge in [-0.1, -0.05) is 20.3 Å². The summed E-state index contributed by atoms with van der Waals surface area (Å²) in [6, 6.07) is 0.220. The van der Waals surface area contributed by atoms with Crippen LogP contribution in [0.1, 0.15) is 43.5 Å². The van der Waals surface area contributed by atoms with Crippen molar-refractivity contribution in [3.63, 3.8) is 0 Å². The van der Waals surface area contributed by atoms with Crippen molar-refractivity contribution in [3.8, 4) is 0 Å². The monoisotopic (exact) mass is 224 g/mol. The first-order chi connectivity index (χ1) is 7.60. The van der Waals surface area contributed by atoms with Crippen LogP contribution < -0.4 is 11.1 Å². The number of aromatic nitrogens is 2. The molecule has 0 radical (unpaired) electrons. The molecule has 0 saturated heterocycles. The molecule has 1 heterocycles. The largest absolute Gasteiger partial charge is 0.383 e. The van der Waals surface area contributed by atoms with Crippen LogP contribution in [-0.2, 0) is 7.05 Å². The maximum atomic E-state index is 11.9. The van der Waals surface area contributed by atoms with Crippen molar-refractivity contribution >= 4 is 11.7 Å². The number of nitrogens with zero attached hydrogens (tertiary/aromatic N) is 2. The zero-order valence-electron chi connectivity index (χ0n) is 10.2. The van der Waals surface area contributed by atoms with E-state index in [9.17, 15) is 4.79 Å². The van der Waals surface area contributed by atoms with Crippen LogP contribution in [0.4, 0.5) is 5.82 Å². The van der Waals surface area contributed by atoms with Crippen molar-refractivity contribution in [2.75, 3.05) is 5.73 Å². The molecule has 0 aromatic carbocycles.